The van der Waals surface area contributed by atoms with E-state index in [1.807, 2.05) is 0 Å². The summed E-state index contributed by atoms with van der Waals surface area (Å²) in [7, 11) is 1.50. The van der Waals surface area contributed by atoms with E-state index in [0.29, 0.717) is 10.2 Å². The number of hydrogen-bond acceptors (Lipinski definition) is 3. The van der Waals surface area contributed by atoms with Crippen molar-refractivity contribution in [1.82, 2.24) is 10.2 Å². The monoisotopic (exact) mass is 394 g/mol. The molecule has 126 valence electrons. The van der Waals surface area contributed by atoms with E-state index in [1.54, 1.807) is 24.3 Å². The summed E-state index contributed by atoms with van der Waals surface area (Å²) in [5, 5.41) is 2.64. The fourth-order valence-corrected chi connectivity index (χ4v) is 2.26. The van der Waals surface area contributed by atoms with Gasteiger partial charge in [0.25, 0.3) is 0 Å². The highest BCUT2D eigenvalue weighted by Crippen LogP contribution is 2.16. The molecular formula is C17H16BrFN2O3. The number of nitrogens with one attached hydrogen (secondary N) is 1. The highest BCUT2D eigenvalue weighted by molar-refractivity contribution is 9.10. The first-order valence-electron chi connectivity index (χ1n) is 7.13. The van der Waals surface area contributed by atoms with Gasteiger partial charge in [-0.2, -0.15) is 0 Å². The predicted molar refractivity (Wildman–Crippen MR) is 91.3 cm³/mol. The van der Waals surface area contributed by atoms with Crippen LogP contribution < -0.4 is 5.32 Å². The largest absolute Gasteiger partial charge is 0.467 e. The third kappa shape index (κ3) is 5.34. The third-order valence-corrected chi connectivity index (χ3v) is 3.65. The van der Waals surface area contributed by atoms with Crippen molar-refractivity contribution in [2.45, 2.75) is 6.54 Å². The number of likely N-dealkylation sites (N-methyl/N-ethyl adjacent to an activating group) is 1. The van der Waals surface area contributed by atoms with Gasteiger partial charge in [-0.05, 0) is 36.4 Å². The van der Waals surface area contributed by atoms with Crippen LogP contribution in [0.2, 0.25) is 0 Å². The second kappa shape index (κ2) is 8.44. The van der Waals surface area contributed by atoms with E-state index in [-0.39, 0.29) is 24.6 Å². The molecule has 0 spiro atoms. The highest BCUT2D eigenvalue weighted by Gasteiger charge is 2.11. The Morgan fingerprint density at radius 1 is 1.38 bits per heavy atom. The van der Waals surface area contributed by atoms with Crippen LogP contribution in [0.15, 0.2) is 51.6 Å². The van der Waals surface area contributed by atoms with Gasteiger partial charge in [0.15, 0.2) is 0 Å². The second-order valence-electron chi connectivity index (χ2n) is 5.05. The van der Waals surface area contributed by atoms with E-state index in [2.05, 4.69) is 21.2 Å². The highest BCUT2D eigenvalue weighted by atomic mass is 79.9. The minimum Gasteiger partial charge on any atom is -0.467 e. The third-order valence-electron chi connectivity index (χ3n) is 3.16. The van der Waals surface area contributed by atoms with Gasteiger partial charge in [-0.3, -0.25) is 9.59 Å². The number of amides is 2. The molecule has 2 amide bonds. The number of hydrogen-bond donors (Lipinski definition) is 1. The number of rotatable bonds is 6. The van der Waals surface area contributed by atoms with Crippen LogP contribution in [-0.2, 0) is 16.1 Å². The van der Waals surface area contributed by atoms with Gasteiger partial charge < -0.3 is 14.6 Å². The molecule has 0 fully saturated rings. The number of carbonyl (C=O) groups excluding carboxylic acids is 2. The molecule has 0 atom stereocenters. The fraction of sp³-hybridized carbons (Fsp3) is 0.176. The molecule has 0 saturated carbocycles. The second-order valence-corrected chi connectivity index (χ2v) is 5.97. The molecule has 0 saturated heterocycles. The van der Waals surface area contributed by atoms with E-state index < -0.39 is 11.7 Å². The van der Waals surface area contributed by atoms with Gasteiger partial charge in [0, 0.05) is 23.2 Å². The molecule has 24 heavy (non-hydrogen) atoms. The van der Waals surface area contributed by atoms with E-state index in [4.69, 9.17) is 4.42 Å². The summed E-state index contributed by atoms with van der Waals surface area (Å²) in [5.74, 6) is -0.518. The van der Waals surface area contributed by atoms with Crippen LogP contribution in [0.3, 0.4) is 0 Å². The van der Waals surface area contributed by atoms with Crippen molar-refractivity contribution in [3.63, 3.8) is 0 Å². The molecule has 7 heteroatoms. The summed E-state index contributed by atoms with van der Waals surface area (Å²) in [4.78, 5) is 25.0. The van der Waals surface area contributed by atoms with Crippen LogP contribution >= 0.6 is 15.9 Å². The maximum Gasteiger partial charge on any atom is 0.246 e. The first-order valence-corrected chi connectivity index (χ1v) is 7.92. The molecule has 0 aliphatic heterocycles. The zero-order chi connectivity index (χ0) is 17.5. The fourth-order valence-electron chi connectivity index (χ4n) is 1.88. The number of halogens is 2. The molecule has 2 aromatic rings. The zero-order valence-corrected chi connectivity index (χ0v) is 14.5. The van der Waals surface area contributed by atoms with E-state index >= 15 is 0 Å². The standard InChI is InChI=1S/C17H16BrFN2O3/c1-21(11-16(22)20-10-14-3-2-8-24-14)17(23)7-4-12-9-13(18)5-6-15(12)19/h2-9H,10-11H2,1H3,(H,20,22)/b7-4+. The molecule has 1 aromatic carbocycles. The molecule has 0 aliphatic carbocycles. The van der Waals surface area contributed by atoms with Crippen molar-refractivity contribution >= 4 is 33.8 Å². The first kappa shape index (κ1) is 17.9. The molecule has 0 aliphatic rings. The quantitative estimate of drug-likeness (QED) is 0.766. The van der Waals surface area contributed by atoms with Crippen LogP contribution in [0.1, 0.15) is 11.3 Å². The SMILES string of the molecule is CN(CC(=O)NCc1ccco1)C(=O)/C=C/c1cc(Br)ccc1F. The van der Waals surface area contributed by atoms with Crippen LogP contribution in [0, 0.1) is 5.82 Å². The molecule has 1 aromatic heterocycles. The van der Waals surface area contributed by atoms with E-state index in [9.17, 15) is 14.0 Å². The molecule has 1 N–H and O–H groups in total. The lowest BCUT2D eigenvalue weighted by Gasteiger charge is -2.14. The summed E-state index contributed by atoms with van der Waals surface area (Å²) in [6, 6.07) is 7.91. The lowest BCUT2D eigenvalue weighted by Crippen LogP contribution is -2.37. The Labute approximate surface area is 147 Å². The van der Waals surface area contributed by atoms with Crippen molar-refractivity contribution in [1.29, 1.82) is 0 Å². The molecule has 0 unspecified atom stereocenters. The maximum atomic E-state index is 13.6. The molecule has 5 nitrogen and oxygen atoms in total. The van der Waals surface area contributed by atoms with Gasteiger partial charge >= 0.3 is 0 Å². The smallest absolute Gasteiger partial charge is 0.246 e. The van der Waals surface area contributed by atoms with Gasteiger partial charge in [0.1, 0.15) is 11.6 Å². The van der Waals surface area contributed by atoms with Crippen molar-refractivity contribution in [2.75, 3.05) is 13.6 Å². The topological polar surface area (TPSA) is 62.6 Å². The maximum absolute atomic E-state index is 13.6. The molecule has 2 rings (SSSR count). The van der Waals surface area contributed by atoms with Crippen LogP contribution in [0.5, 0.6) is 0 Å². The number of furan rings is 1. The summed E-state index contributed by atoms with van der Waals surface area (Å²) in [6.07, 6.45) is 4.12. The van der Waals surface area contributed by atoms with Crippen molar-refractivity contribution in [3.8, 4) is 0 Å². The van der Waals surface area contributed by atoms with Gasteiger partial charge in [-0.1, -0.05) is 15.9 Å². The summed E-state index contributed by atoms with van der Waals surface area (Å²) in [5.41, 5.74) is 0.286. The summed E-state index contributed by atoms with van der Waals surface area (Å²) >= 11 is 3.24. The Bertz CT molecular complexity index is 744. The minimum absolute atomic E-state index is 0.106. The minimum atomic E-state index is -0.430. The molecular weight excluding hydrogens is 379 g/mol. The number of nitrogens with zero attached hydrogens (tertiary/aromatic N) is 1. The lowest BCUT2D eigenvalue weighted by molar-refractivity contribution is -0.131. The van der Waals surface area contributed by atoms with Gasteiger partial charge in [-0.25, -0.2) is 4.39 Å². The average molecular weight is 395 g/mol. The van der Waals surface area contributed by atoms with Crippen LogP contribution in [-0.4, -0.2) is 30.3 Å². The number of benzene rings is 1. The average Bonchev–Trinajstić information content (AvgIpc) is 3.07. The van der Waals surface area contributed by atoms with Gasteiger partial charge in [0.2, 0.25) is 11.8 Å². The lowest BCUT2D eigenvalue weighted by atomic mass is 10.2. The Morgan fingerprint density at radius 3 is 2.88 bits per heavy atom. The molecule has 1 heterocycles. The van der Waals surface area contributed by atoms with Crippen molar-refractivity contribution < 1.29 is 18.4 Å². The molecule has 0 radical (unpaired) electrons. The zero-order valence-electron chi connectivity index (χ0n) is 13.0. The van der Waals surface area contributed by atoms with E-state index in [1.165, 1.54) is 36.4 Å². The van der Waals surface area contributed by atoms with Crippen LogP contribution in [0.25, 0.3) is 6.08 Å². The Hall–Kier alpha value is -2.41. The molecule has 0 bridgehead atoms. The summed E-state index contributed by atoms with van der Waals surface area (Å²) in [6.45, 7) is 0.151. The number of carbonyl (C=O) groups is 2. The Balaban J connectivity index is 1.86. The van der Waals surface area contributed by atoms with Crippen molar-refractivity contribution in [2.24, 2.45) is 0 Å². The Kier molecular flexibility index (Phi) is 6.31. The van der Waals surface area contributed by atoms with Crippen molar-refractivity contribution in [3.05, 3.63) is 64.3 Å². The van der Waals surface area contributed by atoms with Gasteiger partial charge in [0.05, 0.1) is 19.4 Å². The summed E-state index contributed by atoms with van der Waals surface area (Å²) < 4.78 is 19.4. The first-order chi connectivity index (χ1) is 11.5. The normalized spacial score (nSPS) is 10.8. The van der Waals surface area contributed by atoms with Gasteiger partial charge in [-0.15, -0.1) is 0 Å². The van der Waals surface area contributed by atoms with E-state index in [0.717, 1.165) is 0 Å². The predicted octanol–water partition coefficient (Wildman–Crippen LogP) is 2.97. The Morgan fingerprint density at radius 2 is 2.17 bits per heavy atom. The van der Waals surface area contributed by atoms with Crippen LogP contribution in [0.4, 0.5) is 4.39 Å².